The minimum atomic E-state index is 0.0526. The lowest BCUT2D eigenvalue weighted by molar-refractivity contribution is -0.125. The van der Waals surface area contributed by atoms with E-state index in [0.29, 0.717) is 5.41 Å². The van der Waals surface area contributed by atoms with Crippen molar-refractivity contribution in [3.05, 3.63) is 35.4 Å². The average Bonchev–Trinajstić information content (AvgIpc) is 3.08. The number of nitrogens with one attached hydrogen (secondary N) is 2. The van der Waals surface area contributed by atoms with E-state index in [1.54, 1.807) is 0 Å². The van der Waals surface area contributed by atoms with Crippen LogP contribution in [0.1, 0.15) is 30.4 Å². The van der Waals surface area contributed by atoms with Crippen LogP contribution in [0.2, 0.25) is 0 Å². The van der Waals surface area contributed by atoms with Gasteiger partial charge in [0.25, 0.3) is 0 Å². The minimum absolute atomic E-state index is 0.0526. The van der Waals surface area contributed by atoms with Crippen molar-refractivity contribution < 1.29 is 4.79 Å². The molecule has 1 aromatic carbocycles. The van der Waals surface area contributed by atoms with Gasteiger partial charge >= 0.3 is 0 Å². The summed E-state index contributed by atoms with van der Waals surface area (Å²) in [6, 6.07) is 8.89. The topological polar surface area (TPSA) is 44.4 Å². The van der Waals surface area contributed by atoms with Gasteiger partial charge in [0.1, 0.15) is 0 Å². The molecule has 4 nitrogen and oxygen atoms in total. The van der Waals surface area contributed by atoms with Crippen molar-refractivity contribution in [1.82, 2.24) is 15.5 Å². The number of likely N-dealkylation sites (tertiary alicyclic amines) is 1. The summed E-state index contributed by atoms with van der Waals surface area (Å²) in [6.07, 6.45) is 5.39. The molecule has 2 aliphatic heterocycles. The number of fused-ring (bicyclic) bond motifs is 1. The molecule has 3 aliphatic rings. The van der Waals surface area contributed by atoms with Crippen LogP contribution in [0.5, 0.6) is 0 Å². The summed E-state index contributed by atoms with van der Waals surface area (Å²) in [5.74, 6) is 0.237. The number of carbonyl (C=O) groups is 1. The minimum Gasteiger partial charge on any atom is -0.351 e. The van der Waals surface area contributed by atoms with Gasteiger partial charge < -0.3 is 10.6 Å². The maximum absolute atomic E-state index is 12.8. The number of nitrogens with zero attached hydrogens (tertiary/aromatic N) is 1. The molecule has 1 aromatic rings. The van der Waals surface area contributed by atoms with Gasteiger partial charge in [0.15, 0.2) is 0 Å². The lowest BCUT2D eigenvalue weighted by Gasteiger charge is -2.33. The Hall–Kier alpha value is -1.39. The first kappa shape index (κ1) is 15.2. The molecule has 2 fully saturated rings. The molecule has 0 unspecified atom stereocenters. The molecule has 1 spiro atoms. The van der Waals surface area contributed by atoms with Gasteiger partial charge in [-0.3, -0.25) is 9.69 Å². The lowest BCUT2D eigenvalue weighted by atomic mass is 9.77. The zero-order chi connectivity index (χ0) is 15.9. The van der Waals surface area contributed by atoms with Gasteiger partial charge in [-0.15, -0.1) is 0 Å². The quantitative estimate of drug-likeness (QED) is 0.866. The molecular formula is C19H27N3O. The fraction of sp³-hybridized carbons (Fsp3) is 0.632. The number of piperidine rings is 1. The first-order chi connectivity index (χ1) is 11.2. The Balaban J connectivity index is 1.38. The largest absolute Gasteiger partial charge is 0.351 e. The first-order valence-electron chi connectivity index (χ1n) is 8.93. The fourth-order valence-electron chi connectivity index (χ4n) is 4.84. The molecule has 1 aliphatic carbocycles. The molecule has 124 valence electrons. The summed E-state index contributed by atoms with van der Waals surface area (Å²) in [6.45, 7) is 3.26. The third kappa shape index (κ3) is 2.90. The second-order valence-electron chi connectivity index (χ2n) is 7.77. The standard InChI is InChI=1S/C19H27N3O/c1-22-13-19(6-8-20-9-7-19)12-17(22)18(23)21-16-10-14-4-2-3-5-15(14)11-16/h2-5,16-17,20H,6-13H2,1H3,(H,21,23)/t17-/m0/s1. The molecule has 4 heteroatoms. The molecule has 1 amide bonds. The molecule has 23 heavy (non-hydrogen) atoms. The highest BCUT2D eigenvalue weighted by Gasteiger charge is 2.45. The summed E-state index contributed by atoms with van der Waals surface area (Å²) in [7, 11) is 2.12. The molecule has 2 N–H and O–H groups in total. The Morgan fingerprint density at radius 1 is 1.22 bits per heavy atom. The third-order valence-electron chi connectivity index (χ3n) is 6.11. The summed E-state index contributed by atoms with van der Waals surface area (Å²) in [4.78, 5) is 15.1. The van der Waals surface area contributed by atoms with Gasteiger partial charge in [-0.2, -0.15) is 0 Å². The lowest BCUT2D eigenvalue weighted by Crippen LogP contribution is -2.46. The zero-order valence-corrected chi connectivity index (χ0v) is 14.0. The first-order valence-corrected chi connectivity index (χ1v) is 8.93. The molecular weight excluding hydrogens is 286 g/mol. The number of hydrogen-bond donors (Lipinski definition) is 2. The molecule has 2 heterocycles. The number of rotatable bonds is 2. The number of carbonyl (C=O) groups excluding carboxylic acids is 1. The van der Waals surface area contributed by atoms with E-state index < -0.39 is 0 Å². The van der Waals surface area contributed by atoms with Crippen LogP contribution >= 0.6 is 0 Å². The number of amides is 1. The maximum Gasteiger partial charge on any atom is 0.237 e. The highest BCUT2D eigenvalue weighted by atomic mass is 16.2. The van der Waals surface area contributed by atoms with Gasteiger partial charge in [-0.05, 0) is 68.8 Å². The van der Waals surface area contributed by atoms with Crippen molar-refractivity contribution in [2.24, 2.45) is 5.41 Å². The van der Waals surface area contributed by atoms with Crippen molar-refractivity contribution in [3.63, 3.8) is 0 Å². The van der Waals surface area contributed by atoms with E-state index in [0.717, 1.165) is 38.9 Å². The van der Waals surface area contributed by atoms with Crippen LogP contribution in [0.25, 0.3) is 0 Å². The van der Waals surface area contributed by atoms with Crippen LogP contribution in [0, 0.1) is 5.41 Å². The van der Waals surface area contributed by atoms with E-state index in [1.165, 1.54) is 24.0 Å². The van der Waals surface area contributed by atoms with Crippen molar-refractivity contribution in [1.29, 1.82) is 0 Å². The van der Waals surface area contributed by atoms with Crippen molar-refractivity contribution in [3.8, 4) is 0 Å². The summed E-state index contributed by atoms with van der Waals surface area (Å²) in [5.41, 5.74) is 3.15. The molecule has 0 radical (unpaired) electrons. The summed E-state index contributed by atoms with van der Waals surface area (Å²) < 4.78 is 0. The van der Waals surface area contributed by atoms with Crippen LogP contribution < -0.4 is 10.6 Å². The zero-order valence-electron chi connectivity index (χ0n) is 14.0. The summed E-state index contributed by atoms with van der Waals surface area (Å²) in [5, 5.41) is 6.77. The Labute approximate surface area is 138 Å². The smallest absolute Gasteiger partial charge is 0.237 e. The number of benzene rings is 1. The maximum atomic E-state index is 12.8. The van der Waals surface area contributed by atoms with Crippen LogP contribution in [-0.4, -0.2) is 49.6 Å². The Bertz CT molecular complexity index is 569. The highest BCUT2D eigenvalue weighted by molar-refractivity contribution is 5.82. The van der Waals surface area contributed by atoms with E-state index >= 15 is 0 Å². The Morgan fingerprint density at radius 3 is 2.52 bits per heavy atom. The number of hydrogen-bond acceptors (Lipinski definition) is 3. The van der Waals surface area contributed by atoms with E-state index in [4.69, 9.17) is 0 Å². The monoisotopic (exact) mass is 313 g/mol. The summed E-state index contributed by atoms with van der Waals surface area (Å²) >= 11 is 0. The highest BCUT2D eigenvalue weighted by Crippen LogP contribution is 2.41. The molecule has 0 saturated carbocycles. The molecule has 0 bridgehead atoms. The van der Waals surface area contributed by atoms with Gasteiger partial charge in [0.05, 0.1) is 6.04 Å². The van der Waals surface area contributed by atoms with Crippen LogP contribution in [0.15, 0.2) is 24.3 Å². The van der Waals surface area contributed by atoms with Crippen molar-refractivity contribution >= 4 is 5.91 Å². The van der Waals surface area contributed by atoms with E-state index in [1.807, 2.05) is 0 Å². The van der Waals surface area contributed by atoms with Gasteiger partial charge in [0, 0.05) is 12.6 Å². The second kappa shape index (κ2) is 5.91. The predicted molar refractivity (Wildman–Crippen MR) is 91.4 cm³/mol. The molecule has 2 saturated heterocycles. The van der Waals surface area contributed by atoms with Gasteiger partial charge in [0.2, 0.25) is 5.91 Å². The van der Waals surface area contributed by atoms with E-state index in [-0.39, 0.29) is 18.0 Å². The predicted octanol–water partition coefficient (Wildman–Crippen LogP) is 1.34. The van der Waals surface area contributed by atoms with Crippen LogP contribution in [-0.2, 0) is 17.6 Å². The van der Waals surface area contributed by atoms with Crippen molar-refractivity contribution in [2.45, 2.75) is 44.2 Å². The fourth-order valence-corrected chi connectivity index (χ4v) is 4.84. The molecule has 4 rings (SSSR count). The van der Waals surface area contributed by atoms with E-state index in [2.05, 4.69) is 46.8 Å². The average molecular weight is 313 g/mol. The SMILES string of the molecule is CN1CC2(CCNCC2)C[C@H]1C(=O)NC1Cc2ccccc2C1. The Kier molecular flexibility index (Phi) is 3.90. The van der Waals surface area contributed by atoms with E-state index in [9.17, 15) is 4.79 Å². The second-order valence-corrected chi connectivity index (χ2v) is 7.77. The molecule has 0 aromatic heterocycles. The molecule has 1 atom stereocenters. The van der Waals surface area contributed by atoms with Crippen molar-refractivity contribution in [2.75, 3.05) is 26.7 Å². The Morgan fingerprint density at radius 2 is 1.87 bits per heavy atom. The van der Waals surface area contributed by atoms with Crippen LogP contribution in [0.3, 0.4) is 0 Å². The third-order valence-corrected chi connectivity index (χ3v) is 6.11. The number of likely N-dealkylation sites (N-methyl/N-ethyl adjacent to an activating group) is 1. The normalized spacial score (nSPS) is 27.3. The van der Waals surface area contributed by atoms with Gasteiger partial charge in [-0.25, -0.2) is 0 Å². The van der Waals surface area contributed by atoms with Gasteiger partial charge in [-0.1, -0.05) is 24.3 Å². The van der Waals surface area contributed by atoms with Crippen LogP contribution in [0.4, 0.5) is 0 Å².